The average Bonchev–Trinajstić information content (AvgIpc) is 3.16. The number of amides is 2. The molecule has 3 heterocycles. The summed E-state index contributed by atoms with van der Waals surface area (Å²) in [4.78, 5) is 28.3. The molecule has 2 saturated heterocycles. The van der Waals surface area contributed by atoms with Crippen LogP contribution in [-0.2, 0) is 14.3 Å². The first-order valence-corrected chi connectivity index (χ1v) is 9.90. The van der Waals surface area contributed by atoms with Crippen LogP contribution in [0.5, 0.6) is 0 Å². The fourth-order valence-corrected chi connectivity index (χ4v) is 4.19. The van der Waals surface area contributed by atoms with Gasteiger partial charge in [-0.15, -0.1) is 0 Å². The van der Waals surface area contributed by atoms with Crippen molar-refractivity contribution in [1.82, 2.24) is 15.0 Å². The summed E-state index contributed by atoms with van der Waals surface area (Å²) >= 11 is 0. The molecule has 2 aliphatic rings. The summed E-state index contributed by atoms with van der Waals surface area (Å²) in [6.45, 7) is 6.08. The third-order valence-electron chi connectivity index (χ3n) is 5.79. The third kappa shape index (κ3) is 4.03. The zero-order valence-corrected chi connectivity index (χ0v) is 16.2. The van der Waals surface area contributed by atoms with Crippen LogP contribution < -0.4 is 0 Å². The molecule has 8 heteroatoms. The molecule has 1 aromatic heterocycles. The minimum absolute atomic E-state index is 0.0212. The van der Waals surface area contributed by atoms with Crippen molar-refractivity contribution in [1.29, 1.82) is 0 Å². The van der Waals surface area contributed by atoms with Crippen LogP contribution in [0.3, 0.4) is 0 Å². The molecule has 0 spiro atoms. The Kier molecular flexibility index (Phi) is 5.62. The van der Waals surface area contributed by atoms with Crippen molar-refractivity contribution in [2.75, 3.05) is 32.8 Å². The number of piperidine rings is 1. The van der Waals surface area contributed by atoms with Crippen molar-refractivity contribution < 1.29 is 23.2 Å². The molecule has 4 rings (SSSR count). The highest BCUT2D eigenvalue weighted by molar-refractivity contribution is 5.88. The first-order valence-electron chi connectivity index (χ1n) is 9.90. The van der Waals surface area contributed by atoms with Gasteiger partial charge in [0.15, 0.2) is 5.58 Å². The molecule has 0 aliphatic carbocycles. The van der Waals surface area contributed by atoms with Gasteiger partial charge in [-0.2, -0.15) is 0 Å². The summed E-state index contributed by atoms with van der Waals surface area (Å²) < 4.78 is 24.1. The van der Waals surface area contributed by atoms with Crippen molar-refractivity contribution in [2.24, 2.45) is 0 Å². The number of carbonyl (C=O) groups excluding carboxylic acids is 2. The van der Waals surface area contributed by atoms with Gasteiger partial charge < -0.3 is 19.1 Å². The monoisotopic (exact) mass is 401 g/mol. The number of fused-ring (bicyclic) bond motifs is 1. The number of ether oxygens (including phenoxy) is 1. The number of hydrogen-bond acceptors (Lipinski definition) is 5. The second-order valence-electron chi connectivity index (χ2n) is 7.53. The van der Waals surface area contributed by atoms with Crippen LogP contribution in [0.1, 0.15) is 30.9 Å². The van der Waals surface area contributed by atoms with Gasteiger partial charge in [0.25, 0.3) is 0 Å². The van der Waals surface area contributed by atoms with Crippen LogP contribution in [0.4, 0.5) is 4.39 Å². The van der Waals surface area contributed by atoms with Gasteiger partial charge in [0.2, 0.25) is 11.8 Å². The second-order valence-corrected chi connectivity index (χ2v) is 7.53. The molecular formula is C21H24FN3O4. The second kappa shape index (κ2) is 8.32. The van der Waals surface area contributed by atoms with E-state index in [0.29, 0.717) is 38.4 Å². The molecule has 29 heavy (non-hydrogen) atoms. The van der Waals surface area contributed by atoms with Gasteiger partial charge in [-0.3, -0.25) is 9.59 Å². The van der Waals surface area contributed by atoms with Gasteiger partial charge in [0.05, 0.1) is 24.9 Å². The van der Waals surface area contributed by atoms with Gasteiger partial charge >= 0.3 is 0 Å². The summed E-state index contributed by atoms with van der Waals surface area (Å²) in [6, 6.07) is 4.19. The minimum Gasteiger partial charge on any atom is -0.377 e. The van der Waals surface area contributed by atoms with Gasteiger partial charge in [-0.05, 0) is 31.1 Å². The van der Waals surface area contributed by atoms with E-state index in [9.17, 15) is 14.0 Å². The summed E-state index contributed by atoms with van der Waals surface area (Å²) in [7, 11) is 0. The molecular weight excluding hydrogens is 377 g/mol. The number of benzene rings is 1. The predicted molar refractivity (Wildman–Crippen MR) is 104 cm³/mol. The summed E-state index contributed by atoms with van der Waals surface area (Å²) in [5.41, 5.74) is 1.28. The lowest BCUT2D eigenvalue weighted by atomic mass is 9.91. The molecule has 0 radical (unpaired) electrons. The fourth-order valence-electron chi connectivity index (χ4n) is 4.19. The Morgan fingerprint density at radius 1 is 1.28 bits per heavy atom. The molecule has 2 aromatic rings. The topological polar surface area (TPSA) is 75.9 Å². The Morgan fingerprint density at radius 3 is 2.83 bits per heavy atom. The Morgan fingerprint density at radius 2 is 2.07 bits per heavy atom. The molecule has 154 valence electrons. The van der Waals surface area contributed by atoms with Crippen molar-refractivity contribution in [2.45, 2.75) is 31.2 Å². The van der Waals surface area contributed by atoms with Crippen LogP contribution in [-0.4, -0.2) is 65.7 Å². The molecule has 0 saturated carbocycles. The number of rotatable bonds is 4. The van der Waals surface area contributed by atoms with Gasteiger partial charge in [-0.1, -0.05) is 11.7 Å². The number of morpholine rings is 1. The summed E-state index contributed by atoms with van der Waals surface area (Å²) in [5, 5.41) is 4.98. The number of halogens is 1. The van der Waals surface area contributed by atoms with Gasteiger partial charge in [0.1, 0.15) is 5.82 Å². The number of hydrogen-bond donors (Lipinski definition) is 0. The first-order chi connectivity index (χ1) is 14.1. The summed E-state index contributed by atoms with van der Waals surface area (Å²) in [6.07, 6.45) is 3.06. The largest absolute Gasteiger partial charge is 0.377 e. The Balaban J connectivity index is 1.37. The number of carbonyl (C=O) groups is 2. The van der Waals surface area contributed by atoms with E-state index in [-0.39, 0.29) is 36.0 Å². The van der Waals surface area contributed by atoms with Crippen molar-refractivity contribution in [3.05, 3.63) is 42.4 Å². The maximum atomic E-state index is 13.4. The van der Waals surface area contributed by atoms with E-state index >= 15 is 0 Å². The van der Waals surface area contributed by atoms with Crippen molar-refractivity contribution in [3.8, 4) is 0 Å². The van der Waals surface area contributed by atoms with E-state index in [1.165, 1.54) is 18.2 Å². The molecule has 0 bridgehead atoms. The fraction of sp³-hybridized carbons (Fsp3) is 0.476. The maximum absolute atomic E-state index is 13.4. The smallest absolute Gasteiger partial charge is 0.246 e. The zero-order chi connectivity index (χ0) is 20.4. The molecule has 2 aliphatic heterocycles. The lowest BCUT2D eigenvalue weighted by Gasteiger charge is -2.37. The van der Waals surface area contributed by atoms with E-state index in [1.54, 1.807) is 11.0 Å². The molecule has 7 nitrogen and oxygen atoms in total. The van der Waals surface area contributed by atoms with Crippen LogP contribution in [0.15, 0.2) is 35.4 Å². The van der Waals surface area contributed by atoms with Gasteiger partial charge in [0, 0.05) is 43.4 Å². The highest BCUT2D eigenvalue weighted by Gasteiger charge is 2.32. The van der Waals surface area contributed by atoms with Gasteiger partial charge in [-0.25, -0.2) is 4.39 Å². The molecule has 0 N–H and O–H groups in total. The van der Waals surface area contributed by atoms with E-state index in [0.717, 1.165) is 23.9 Å². The van der Waals surface area contributed by atoms with Crippen LogP contribution in [0.25, 0.3) is 11.0 Å². The van der Waals surface area contributed by atoms with Crippen LogP contribution >= 0.6 is 0 Å². The maximum Gasteiger partial charge on any atom is 0.246 e. The SMILES string of the molecule is C=CC(=O)N1CCOCC1CC(=O)N1CCC(c2noc3cc(F)ccc23)CC1. The van der Waals surface area contributed by atoms with Crippen molar-refractivity contribution in [3.63, 3.8) is 0 Å². The molecule has 2 amide bonds. The number of likely N-dealkylation sites (tertiary alicyclic amines) is 1. The van der Waals surface area contributed by atoms with E-state index < -0.39 is 0 Å². The summed E-state index contributed by atoms with van der Waals surface area (Å²) in [5.74, 6) is -0.328. The Hall–Kier alpha value is -2.74. The number of nitrogens with zero attached hydrogens (tertiary/aromatic N) is 3. The zero-order valence-electron chi connectivity index (χ0n) is 16.2. The quantitative estimate of drug-likeness (QED) is 0.736. The molecule has 1 atom stereocenters. The van der Waals surface area contributed by atoms with Crippen LogP contribution in [0.2, 0.25) is 0 Å². The number of aromatic nitrogens is 1. The Bertz CT molecular complexity index is 920. The lowest BCUT2D eigenvalue weighted by Crippen LogP contribution is -2.51. The average molecular weight is 401 g/mol. The highest BCUT2D eigenvalue weighted by atomic mass is 19.1. The lowest BCUT2D eigenvalue weighted by molar-refractivity contribution is -0.140. The van der Waals surface area contributed by atoms with E-state index in [2.05, 4.69) is 11.7 Å². The van der Waals surface area contributed by atoms with Crippen molar-refractivity contribution >= 4 is 22.8 Å². The minimum atomic E-state index is -0.351. The third-order valence-corrected chi connectivity index (χ3v) is 5.79. The van der Waals surface area contributed by atoms with Crippen LogP contribution in [0, 0.1) is 5.82 Å². The molecule has 2 fully saturated rings. The molecule has 1 aromatic carbocycles. The highest BCUT2D eigenvalue weighted by Crippen LogP contribution is 2.33. The molecule has 1 unspecified atom stereocenters. The standard InChI is InChI=1S/C21H24FN3O4/c1-2-19(26)25-9-10-28-13-16(25)12-20(27)24-7-5-14(6-8-24)21-17-4-3-15(22)11-18(17)29-23-21/h2-4,11,14,16H,1,5-10,12-13H2. The predicted octanol–water partition coefficient (Wildman–Crippen LogP) is 2.48. The first kappa shape index (κ1) is 19.6. The normalized spacial score (nSPS) is 20.8. The Labute approximate surface area is 168 Å². The van der Waals surface area contributed by atoms with E-state index in [1.807, 2.05) is 4.90 Å². The van der Waals surface area contributed by atoms with E-state index in [4.69, 9.17) is 9.26 Å².